The molecule has 3 rings (SSSR count). The number of nitrogens with one attached hydrogen (secondary N) is 1. The van der Waals surface area contributed by atoms with E-state index in [0.717, 1.165) is 4.68 Å². The maximum absolute atomic E-state index is 12.2. The normalized spacial score (nSPS) is 14.2. The van der Waals surface area contributed by atoms with E-state index in [4.69, 9.17) is 26.4 Å². The molecule has 2 heterocycles. The van der Waals surface area contributed by atoms with Gasteiger partial charge in [0.15, 0.2) is 18.1 Å². The van der Waals surface area contributed by atoms with Crippen LogP contribution in [0.1, 0.15) is 11.3 Å². The first kappa shape index (κ1) is 20.7. The lowest BCUT2D eigenvalue weighted by Crippen LogP contribution is -2.43. The summed E-state index contributed by atoms with van der Waals surface area (Å²) in [5.41, 5.74) is 0.505. The Labute approximate surface area is 171 Å². The molecule has 0 atom stereocenters. The highest BCUT2D eigenvalue weighted by Gasteiger charge is 2.18. The Morgan fingerprint density at radius 3 is 2.86 bits per heavy atom. The monoisotopic (exact) mass is 419 g/mol. The van der Waals surface area contributed by atoms with Crippen molar-refractivity contribution in [3.8, 4) is 11.5 Å². The molecule has 154 valence electrons. The Hall–Kier alpha value is -3.05. The second-order valence-corrected chi connectivity index (χ2v) is 6.55. The number of methoxy groups -OCH3 is 1. The number of rotatable bonds is 6. The van der Waals surface area contributed by atoms with Crippen molar-refractivity contribution in [2.75, 3.05) is 40.0 Å². The molecule has 0 spiro atoms. The summed E-state index contributed by atoms with van der Waals surface area (Å²) in [5, 5.41) is 10.5. The zero-order chi connectivity index (χ0) is 20.8. The van der Waals surface area contributed by atoms with Gasteiger partial charge in [-0.05, 0) is 42.9 Å². The van der Waals surface area contributed by atoms with Gasteiger partial charge in [0.2, 0.25) is 4.77 Å². The Bertz CT molecular complexity index is 1030. The molecule has 1 saturated heterocycles. The molecule has 1 aromatic heterocycles. The lowest BCUT2D eigenvalue weighted by Gasteiger charge is -2.26. The number of benzene rings is 1. The van der Waals surface area contributed by atoms with E-state index in [-0.39, 0.29) is 23.0 Å². The predicted octanol–water partition coefficient (Wildman–Crippen LogP) is 0.738. The van der Waals surface area contributed by atoms with E-state index in [9.17, 15) is 9.59 Å². The fourth-order valence-electron chi connectivity index (χ4n) is 2.63. The summed E-state index contributed by atoms with van der Waals surface area (Å²) in [4.78, 5) is 26.0. The first-order chi connectivity index (χ1) is 14.0. The number of aryl methyl sites for hydroxylation is 1. The minimum absolute atomic E-state index is 0.0883. The van der Waals surface area contributed by atoms with Crippen molar-refractivity contribution >= 4 is 24.3 Å². The Kier molecular flexibility index (Phi) is 6.73. The number of carbonyl (C=O) groups excluding carboxylic acids is 1. The molecular weight excluding hydrogens is 398 g/mol. The molecule has 1 fully saturated rings. The van der Waals surface area contributed by atoms with Gasteiger partial charge < -0.3 is 19.1 Å². The number of ether oxygens (including phenoxy) is 3. The smallest absolute Gasteiger partial charge is 0.296 e. The Balaban J connectivity index is 1.72. The van der Waals surface area contributed by atoms with Gasteiger partial charge in [0.25, 0.3) is 11.5 Å². The van der Waals surface area contributed by atoms with Crippen LogP contribution in [0, 0.1) is 11.7 Å². The number of aromatic amines is 1. The molecule has 0 saturated carbocycles. The minimum atomic E-state index is -0.404. The highest BCUT2D eigenvalue weighted by Crippen LogP contribution is 2.27. The van der Waals surface area contributed by atoms with Gasteiger partial charge in [0.05, 0.1) is 26.5 Å². The molecule has 0 unspecified atom stereocenters. The number of hydrogen-bond donors (Lipinski definition) is 1. The van der Waals surface area contributed by atoms with Crippen LogP contribution in [0.15, 0.2) is 28.1 Å². The molecular formula is C18H21N5O5S. The van der Waals surface area contributed by atoms with Gasteiger partial charge in [-0.15, -0.1) is 0 Å². The number of nitrogens with zero attached hydrogens (tertiary/aromatic N) is 4. The van der Waals surface area contributed by atoms with E-state index < -0.39 is 5.56 Å². The van der Waals surface area contributed by atoms with E-state index >= 15 is 0 Å². The van der Waals surface area contributed by atoms with Gasteiger partial charge >= 0.3 is 0 Å². The van der Waals surface area contributed by atoms with Crippen LogP contribution in [0.25, 0.3) is 0 Å². The Morgan fingerprint density at radius 2 is 2.14 bits per heavy atom. The molecule has 29 heavy (non-hydrogen) atoms. The van der Waals surface area contributed by atoms with Crippen molar-refractivity contribution in [3.63, 3.8) is 0 Å². The van der Waals surface area contributed by atoms with Crippen LogP contribution in [0.2, 0.25) is 0 Å². The van der Waals surface area contributed by atoms with Crippen molar-refractivity contribution in [1.82, 2.24) is 19.8 Å². The highest BCUT2D eigenvalue weighted by atomic mass is 32.1. The molecule has 0 aliphatic carbocycles. The second-order valence-electron chi connectivity index (χ2n) is 6.17. The van der Waals surface area contributed by atoms with Gasteiger partial charge in [-0.3, -0.25) is 14.7 Å². The number of amides is 1. The molecule has 1 amide bonds. The van der Waals surface area contributed by atoms with Gasteiger partial charge in [-0.2, -0.15) is 14.9 Å². The standard InChI is InChI=1S/C18H21N5O5S/c1-12-17(25)23(18(29)21-20-12)19-10-13-3-4-14(15(9-13)26-2)28-11-16(24)22-5-7-27-8-6-22/h3-4,9-10H,5-8,11H2,1-2H3,(H,21,29). The van der Waals surface area contributed by atoms with Crippen molar-refractivity contribution < 1.29 is 19.0 Å². The van der Waals surface area contributed by atoms with Crippen LogP contribution in [-0.4, -0.2) is 71.9 Å². The average Bonchev–Trinajstić information content (AvgIpc) is 2.75. The van der Waals surface area contributed by atoms with Crippen LogP contribution in [-0.2, 0) is 9.53 Å². The predicted molar refractivity (Wildman–Crippen MR) is 107 cm³/mol. The molecule has 0 radical (unpaired) electrons. The van der Waals surface area contributed by atoms with Crippen molar-refractivity contribution in [3.05, 3.63) is 44.6 Å². The van der Waals surface area contributed by atoms with E-state index in [2.05, 4.69) is 15.3 Å². The van der Waals surface area contributed by atoms with E-state index in [0.29, 0.717) is 43.4 Å². The molecule has 1 aliphatic heterocycles. The molecule has 11 heteroatoms. The zero-order valence-electron chi connectivity index (χ0n) is 16.1. The van der Waals surface area contributed by atoms with Crippen molar-refractivity contribution in [1.29, 1.82) is 0 Å². The third kappa shape index (κ3) is 5.06. The summed E-state index contributed by atoms with van der Waals surface area (Å²) < 4.78 is 17.4. The highest BCUT2D eigenvalue weighted by molar-refractivity contribution is 7.71. The average molecular weight is 419 g/mol. The number of carbonyl (C=O) groups is 1. The topological polar surface area (TPSA) is 111 Å². The summed E-state index contributed by atoms with van der Waals surface area (Å²) in [6, 6.07) is 5.09. The molecule has 0 bridgehead atoms. The summed E-state index contributed by atoms with van der Waals surface area (Å²) in [5.74, 6) is 0.760. The van der Waals surface area contributed by atoms with E-state index in [1.54, 1.807) is 30.0 Å². The van der Waals surface area contributed by atoms with Gasteiger partial charge in [-0.1, -0.05) is 0 Å². The third-order valence-corrected chi connectivity index (χ3v) is 4.50. The van der Waals surface area contributed by atoms with Crippen LogP contribution in [0.4, 0.5) is 0 Å². The van der Waals surface area contributed by atoms with Gasteiger partial charge in [0, 0.05) is 13.1 Å². The largest absolute Gasteiger partial charge is 0.493 e. The summed E-state index contributed by atoms with van der Waals surface area (Å²) in [6.45, 7) is 3.66. The van der Waals surface area contributed by atoms with Gasteiger partial charge in [0.1, 0.15) is 5.69 Å². The van der Waals surface area contributed by atoms with Crippen molar-refractivity contribution in [2.24, 2.45) is 5.10 Å². The van der Waals surface area contributed by atoms with Crippen LogP contribution in [0.3, 0.4) is 0 Å². The van der Waals surface area contributed by atoms with E-state index in [1.165, 1.54) is 13.3 Å². The summed E-state index contributed by atoms with van der Waals surface area (Å²) in [7, 11) is 1.50. The van der Waals surface area contributed by atoms with Crippen LogP contribution in [0.5, 0.6) is 11.5 Å². The molecule has 1 aromatic carbocycles. The van der Waals surface area contributed by atoms with Crippen LogP contribution < -0.4 is 15.0 Å². The number of hydrogen-bond acceptors (Lipinski definition) is 8. The molecule has 10 nitrogen and oxygen atoms in total. The summed E-state index contributed by atoms with van der Waals surface area (Å²) in [6.07, 6.45) is 1.47. The molecule has 1 N–H and O–H groups in total. The maximum Gasteiger partial charge on any atom is 0.296 e. The van der Waals surface area contributed by atoms with Crippen molar-refractivity contribution in [2.45, 2.75) is 6.92 Å². The van der Waals surface area contributed by atoms with Crippen LogP contribution >= 0.6 is 12.2 Å². The lowest BCUT2D eigenvalue weighted by atomic mass is 10.2. The lowest BCUT2D eigenvalue weighted by molar-refractivity contribution is -0.137. The molecule has 1 aliphatic rings. The van der Waals surface area contributed by atoms with E-state index in [1.807, 2.05) is 0 Å². The summed E-state index contributed by atoms with van der Waals surface area (Å²) >= 11 is 5.04. The Morgan fingerprint density at radius 1 is 1.38 bits per heavy atom. The first-order valence-corrected chi connectivity index (χ1v) is 9.29. The maximum atomic E-state index is 12.2. The fraction of sp³-hybridized carbons (Fsp3) is 0.389. The quantitative estimate of drug-likeness (QED) is 0.543. The fourth-order valence-corrected chi connectivity index (χ4v) is 2.80. The van der Waals surface area contributed by atoms with Gasteiger partial charge in [-0.25, -0.2) is 0 Å². The minimum Gasteiger partial charge on any atom is -0.493 e. The number of morpholine rings is 1. The second kappa shape index (κ2) is 9.43. The first-order valence-electron chi connectivity index (χ1n) is 8.88. The zero-order valence-corrected chi connectivity index (χ0v) is 16.9. The number of aromatic nitrogens is 3. The third-order valence-electron chi connectivity index (χ3n) is 4.24. The SMILES string of the molecule is COc1cc(C=Nn2c(=S)[nH]nc(C)c2=O)ccc1OCC(=O)N1CCOCC1. The number of H-pyrrole nitrogens is 1. The molecule has 2 aromatic rings.